The highest BCUT2D eigenvalue weighted by Gasteiger charge is 2.52. The van der Waals surface area contributed by atoms with Gasteiger partial charge in [-0.15, -0.1) is 0 Å². The first-order valence-electron chi connectivity index (χ1n) is 23.8. The topological polar surface area (TPSA) is 64.6 Å². The average molecular weight is 960 g/mol. The Bertz CT molecular complexity index is 2580. The molecular weight excluding hydrogens is 896 g/mol. The second kappa shape index (κ2) is 24.3. The maximum atomic E-state index is 7.51. The van der Waals surface area contributed by atoms with Crippen LogP contribution in [0.2, 0.25) is 10.1 Å². The highest BCUT2D eigenvalue weighted by atomic mass is 35.5. The van der Waals surface area contributed by atoms with Gasteiger partial charge in [0.2, 0.25) is 0 Å². The average Bonchev–Trinajstić information content (AvgIpc) is 3.38. The Labute approximate surface area is 414 Å². The molecule has 0 aliphatic carbocycles. The SMILES string of the molecule is C=CCOc1cc(Cl)c(CO[Si](c2ccccc2)(c2ccccc2)C(C)(C)C)cc1[C@H]1O[C@H](COCc2ccccc2)[C@H](OCc2ccccc2)[C@H](OCc2ccccc2)[C@@H]1OCc1ccccc1. The van der Waals surface area contributed by atoms with Crippen LogP contribution in [0.4, 0.5) is 0 Å². The zero-order chi connectivity index (χ0) is 47.9. The van der Waals surface area contributed by atoms with Crippen LogP contribution in [0.5, 0.6) is 5.75 Å². The van der Waals surface area contributed by atoms with E-state index in [-0.39, 0.29) is 31.5 Å². The Morgan fingerprint density at radius 3 is 1.45 bits per heavy atom. The fourth-order valence-electron chi connectivity index (χ4n) is 9.21. The number of rotatable bonds is 22. The number of hydrogen-bond acceptors (Lipinski definition) is 7. The largest absolute Gasteiger partial charge is 0.489 e. The molecule has 1 aliphatic heterocycles. The fourth-order valence-corrected chi connectivity index (χ4v) is 13.9. The maximum absolute atomic E-state index is 7.51. The van der Waals surface area contributed by atoms with Crippen molar-refractivity contribution in [1.82, 2.24) is 0 Å². The van der Waals surface area contributed by atoms with Crippen LogP contribution in [0.15, 0.2) is 207 Å². The third-order valence-electron chi connectivity index (χ3n) is 12.6. The van der Waals surface area contributed by atoms with E-state index >= 15 is 0 Å². The van der Waals surface area contributed by atoms with Gasteiger partial charge in [-0.05, 0) is 55.4 Å². The van der Waals surface area contributed by atoms with Gasteiger partial charge in [-0.25, -0.2) is 0 Å². The van der Waals surface area contributed by atoms with E-state index < -0.39 is 38.8 Å². The molecular formula is C60H63ClO7Si. The van der Waals surface area contributed by atoms with Gasteiger partial charge in [0.15, 0.2) is 0 Å². The quantitative estimate of drug-likeness (QED) is 0.0495. The van der Waals surface area contributed by atoms with Crippen LogP contribution < -0.4 is 15.1 Å². The molecule has 7 aromatic carbocycles. The summed E-state index contributed by atoms with van der Waals surface area (Å²) in [6, 6.07) is 65.8. The summed E-state index contributed by atoms with van der Waals surface area (Å²) >= 11 is 7.35. The van der Waals surface area contributed by atoms with Gasteiger partial charge in [-0.3, -0.25) is 0 Å². The molecule has 7 aromatic rings. The van der Waals surface area contributed by atoms with Crippen molar-refractivity contribution in [3.63, 3.8) is 0 Å². The minimum absolute atomic E-state index is 0.210. The monoisotopic (exact) mass is 958 g/mol. The number of hydrogen-bond donors (Lipinski definition) is 0. The Morgan fingerprint density at radius 1 is 0.551 bits per heavy atom. The molecule has 0 amide bonds. The molecule has 1 saturated heterocycles. The third kappa shape index (κ3) is 12.6. The number of benzene rings is 7. The lowest BCUT2D eigenvalue weighted by molar-refractivity contribution is -0.275. The van der Waals surface area contributed by atoms with E-state index in [0.717, 1.165) is 33.4 Å². The molecule has 0 unspecified atom stereocenters. The van der Waals surface area contributed by atoms with Crippen molar-refractivity contribution < 1.29 is 32.8 Å². The molecule has 1 heterocycles. The van der Waals surface area contributed by atoms with E-state index in [1.807, 2.05) is 78.9 Å². The van der Waals surface area contributed by atoms with Crippen molar-refractivity contribution in [2.75, 3.05) is 13.2 Å². The van der Waals surface area contributed by atoms with Crippen molar-refractivity contribution in [3.8, 4) is 5.75 Å². The van der Waals surface area contributed by atoms with Crippen molar-refractivity contribution in [3.05, 3.63) is 245 Å². The minimum atomic E-state index is -2.98. The second-order valence-corrected chi connectivity index (χ2v) is 23.1. The van der Waals surface area contributed by atoms with Crippen molar-refractivity contribution >= 4 is 30.3 Å². The van der Waals surface area contributed by atoms with Gasteiger partial charge in [-0.1, -0.05) is 227 Å². The van der Waals surface area contributed by atoms with Crippen LogP contribution >= 0.6 is 11.6 Å². The Morgan fingerprint density at radius 2 is 0.986 bits per heavy atom. The molecule has 0 saturated carbocycles. The minimum Gasteiger partial charge on any atom is -0.489 e. The van der Waals surface area contributed by atoms with Crippen LogP contribution in [0, 0.1) is 0 Å². The normalized spacial score (nSPS) is 18.4. The first-order chi connectivity index (χ1) is 33.7. The summed E-state index contributed by atoms with van der Waals surface area (Å²) in [5.74, 6) is 0.543. The van der Waals surface area contributed by atoms with E-state index in [4.69, 9.17) is 44.4 Å². The van der Waals surface area contributed by atoms with E-state index in [1.165, 1.54) is 10.4 Å². The summed E-state index contributed by atoms with van der Waals surface area (Å²) in [4.78, 5) is 0. The molecule has 1 fully saturated rings. The molecule has 9 heteroatoms. The Kier molecular flexibility index (Phi) is 17.5. The molecule has 1 aliphatic rings. The van der Waals surface area contributed by atoms with E-state index in [1.54, 1.807) is 6.08 Å². The zero-order valence-corrected chi connectivity index (χ0v) is 41.6. The summed E-state index contributed by atoms with van der Waals surface area (Å²) in [6.07, 6.45) is -1.62. The first kappa shape index (κ1) is 49.8. The van der Waals surface area contributed by atoms with E-state index in [0.29, 0.717) is 30.6 Å². The van der Waals surface area contributed by atoms with Crippen molar-refractivity contribution in [1.29, 1.82) is 0 Å². The summed E-state index contributed by atoms with van der Waals surface area (Å²) in [5.41, 5.74) is 5.63. The molecule has 0 spiro atoms. The van der Waals surface area contributed by atoms with Crippen LogP contribution in [0.1, 0.15) is 60.3 Å². The van der Waals surface area contributed by atoms with Gasteiger partial charge in [-0.2, -0.15) is 0 Å². The van der Waals surface area contributed by atoms with Gasteiger partial charge in [0.1, 0.15) is 42.9 Å². The standard InChI is InChI=1S/C60H63ClO7Si/c1-5-36-63-54-38-53(61)49(43-67-69(60(2,3)4,50-32-20-10-21-33-50)51-34-22-11-23-35-51)37-52(54)56-58(65-41-47-28-16-8-17-29-47)59(66-42-48-30-18-9-19-31-48)57(64-40-46-26-14-7-15-27-46)55(68-56)44-62-39-45-24-12-6-13-25-45/h5-35,37-38,55-59H,1,36,39-44H2,2-4H3/t55-,56-,57+,58-,59+/m1/s1. The molecule has 0 bridgehead atoms. The third-order valence-corrected chi connectivity index (χ3v) is 17.9. The van der Waals surface area contributed by atoms with Gasteiger partial charge in [0.25, 0.3) is 8.32 Å². The Balaban J connectivity index is 1.24. The van der Waals surface area contributed by atoms with E-state index in [2.05, 4.69) is 143 Å². The summed E-state index contributed by atoms with van der Waals surface area (Å²) in [6.45, 7) is 12.8. The van der Waals surface area contributed by atoms with Gasteiger partial charge in [0, 0.05) is 10.6 Å². The molecule has 5 atom stereocenters. The number of ether oxygens (including phenoxy) is 6. The van der Waals surface area contributed by atoms with Gasteiger partial charge in [0.05, 0.1) is 39.6 Å². The summed E-state index contributed by atoms with van der Waals surface area (Å²) in [7, 11) is -2.98. The van der Waals surface area contributed by atoms with Crippen LogP contribution in [0.25, 0.3) is 0 Å². The van der Waals surface area contributed by atoms with Crippen molar-refractivity contribution in [2.45, 2.75) is 89.4 Å². The van der Waals surface area contributed by atoms with Crippen LogP contribution in [0.3, 0.4) is 0 Å². The van der Waals surface area contributed by atoms with Gasteiger partial charge >= 0.3 is 0 Å². The summed E-state index contributed by atoms with van der Waals surface area (Å²) < 4.78 is 49.3. The molecule has 0 aromatic heterocycles. The molecule has 356 valence electrons. The molecule has 0 N–H and O–H groups in total. The zero-order valence-electron chi connectivity index (χ0n) is 39.8. The summed E-state index contributed by atoms with van der Waals surface area (Å²) in [5, 5.41) is 2.60. The molecule has 69 heavy (non-hydrogen) atoms. The van der Waals surface area contributed by atoms with E-state index in [9.17, 15) is 0 Å². The number of halogens is 1. The lowest BCUT2D eigenvalue weighted by Crippen LogP contribution is -2.66. The highest BCUT2D eigenvalue weighted by Crippen LogP contribution is 2.44. The lowest BCUT2D eigenvalue weighted by Gasteiger charge is -2.47. The lowest BCUT2D eigenvalue weighted by atomic mass is 9.89. The highest BCUT2D eigenvalue weighted by molar-refractivity contribution is 6.99. The Hall–Kier alpha value is -5.65. The maximum Gasteiger partial charge on any atom is 0.261 e. The molecule has 7 nitrogen and oxygen atoms in total. The second-order valence-electron chi connectivity index (χ2n) is 18.4. The predicted octanol–water partition coefficient (Wildman–Crippen LogP) is 12.4. The van der Waals surface area contributed by atoms with Crippen LogP contribution in [-0.4, -0.2) is 45.9 Å². The smallest absolute Gasteiger partial charge is 0.261 e. The first-order valence-corrected chi connectivity index (χ1v) is 26.1. The van der Waals surface area contributed by atoms with Crippen LogP contribution in [-0.2, 0) is 61.1 Å². The fraction of sp³-hybridized carbons (Fsp3) is 0.267. The molecule has 0 radical (unpaired) electrons. The van der Waals surface area contributed by atoms with Crippen molar-refractivity contribution in [2.24, 2.45) is 0 Å². The van der Waals surface area contributed by atoms with Gasteiger partial charge < -0.3 is 32.8 Å². The molecule has 8 rings (SSSR count). The predicted molar refractivity (Wildman–Crippen MR) is 278 cm³/mol.